The number of benzene rings is 1. The fourth-order valence-electron chi connectivity index (χ4n) is 2.57. The molecular weight excluding hydrogens is 425 g/mol. The number of hydrogen-bond acceptors (Lipinski definition) is 7. The lowest BCUT2D eigenvalue weighted by atomic mass is 10.1. The maximum atomic E-state index is 13.1. The summed E-state index contributed by atoms with van der Waals surface area (Å²) in [5.41, 5.74) is 0.459. The molecule has 0 spiro atoms. The number of halogens is 1. The first-order chi connectivity index (χ1) is 14.5. The second kappa shape index (κ2) is 10.4. The molecule has 2 aromatic rings. The summed E-state index contributed by atoms with van der Waals surface area (Å²) < 4.78 is 29.1. The van der Waals surface area contributed by atoms with Gasteiger partial charge in [0, 0.05) is 0 Å². The predicted molar refractivity (Wildman–Crippen MR) is 115 cm³/mol. The molecule has 0 aliphatic rings. The van der Waals surface area contributed by atoms with Crippen LogP contribution in [-0.2, 0) is 14.3 Å². The number of rotatable bonds is 8. The molecule has 0 aliphatic heterocycles. The molecule has 168 valence electrons. The van der Waals surface area contributed by atoms with E-state index in [9.17, 15) is 18.8 Å². The molecule has 0 fully saturated rings. The molecule has 0 unspecified atom stereocenters. The molecule has 0 radical (unpaired) electrons. The van der Waals surface area contributed by atoms with Gasteiger partial charge in [-0.2, -0.15) is 0 Å². The first kappa shape index (κ1) is 24.3. The van der Waals surface area contributed by atoms with E-state index in [2.05, 4.69) is 5.32 Å². The maximum absolute atomic E-state index is 13.1. The van der Waals surface area contributed by atoms with Gasteiger partial charge >= 0.3 is 11.9 Å². The molecule has 2 rings (SSSR count). The van der Waals surface area contributed by atoms with Gasteiger partial charge < -0.3 is 19.5 Å². The maximum Gasteiger partial charge on any atom is 0.348 e. The summed E-state index contributed by atoms with van der Waals surface area (Å²) in [5, 5.41) is 2.80. The Morgan fingerprint density at radius 3 is 2.03 bits per heavy atom. The molecule has 1 heterocycles. The number of esters is 2. The quantitative estimate of drug-likeness (QED) is 0.584. The molecule has 0 aliphatic carbocycles. The van der Waals surface area contributed by atoms with Gasteiger partial charge in [0.05, 0.1) is 17.8 Å². The molecule has 1 aromatic carbocycles. The van der Waals surface area contributed by atoms with Crippen LogP contribution >= 0.6 is 11.3 Å². The van der Waals surface area contributed by atoms with Crippen LogP contribution in [0.3, 0.4) is 0 Å². The summed E-state index contributed by atoms with van der Waals surface area (Å²) in [4.78, 5) is 38.0. The largest absolute Gasteiger partial charge is 0.481 e. The average molecular weight is 452 g/mol. The number of hydrogen-bond donors (Lipinski definition) is 1. The lowest BCUT2D eigenvalue weighted by Gasteiger charge is -2.15. The topological polar surface area (TPSA) is 90.9 Å². The van der Waals surface area contributed by atoms with Crippen molar-refractivity contribution < 1.29 is 33.0 Å². The van der Waals surface area contributed by atoms with Crippen molar-refractivity contribution in [2.24, 2.45) is 0 Å². The van der Waals surface area contributed by atoms with Gasteiger partial charge in [0.15, 0.2) is 6.10 Å². The van der Waals surface area contributed by atoms with Crippen LogP contribution in [0.4, 0.5) is 9.39 Å². The van der Waals surface area contributed by atoms with Crippen LogP contribution in [0.2, 0.25) is 0 Å². The van der Waals surface area contributed by atoms with Crippen molar-refractivity contribution in [2.75, 3.05) is 5.32 Å². The number of ether oxygens (including phenoxy) is 3. The monoisotopic (exact) mass is 451 g/mol. The highest BCUT2D eigenvalue weighted by Crippen LogP contribution is 2.35. The number of carbonyl (C=O) groups is 3. The predicted octanol–water partition coefficient (Wildman–Crippen LogP) is 4.73. The lowest BCUT2D eigenvalue weighted by Crippen LogP contribution is -2.30. The first-order valence-corrected chi connectivity index (χ1v) is 10.6. The zero-order valence-electron chi connectivity index (χ0n) is 18.3. The van der Waals surface area contributed by atoms with Crippen LogP contribution < -0.4 is 10.1 Å². The van der Waals surface area contributed by atoms with Crippen LogP contribution in [0.1, 0.15) is 60.2 Å². The number of nitrogens with one attached hydrogen (secondary N) is 1. The van der Waals surface area contributed by atoms with E-state index in [4.69, 9.17) is 14.2 Å². The van der Waals surface area contributed by atoms with Crippen molar-refractivity contribution in [1.82, 2.24) is 0 Å². The minimum Gasteiger partial charge on any atom is -0.481 e. The Labute approximate surface area is 184 Å². The van der Waals surface area contributed by atoms with Gasteiger partial charge in [0.1, 0.15) is 21.4 Å². The molecule has 0 bridgehead atoms. The van der Waals surface area contributed by atoms with Crippen molar-refractivity contribution in [3.05, 3.63) is 46.1 Å². The molecular formula is C22H26FNO6S. The van der Waals surface area contributed by atoms with E-state index >= 15 is 0 Å². The highest BCUT2D eigenvalue weighted by Gasteiger charge is 2.29. The van der Waals surface area contributed by atoms with Crippen molar-refractivity contribution in [3.8, 4) is 5.75 Å². The van der Waals surface area contributed by atoms with Gasteiger partial charge in [-0.1, -0.05) is 0 Å². The van der Waals surface area contributed by atoms with Gasteiger partial charge in [-0.25, -0.2) is 14.0 Å². The fraction of sp³-hybridized carbons (Fsp3) is 0.409. The lowest BCUT2D eigenvalue weighted by molar-refractivity contribution is -0.122. The van der Waals surface area contributed by atoms with E-state index in [0.29, 0.717) is 11.3 Å². The van der Waals surface area contributed by atoms with Crippen molar-refractivity contribution in [1.29, 1.82) is 0 Å². The number of thiophene rings is 1. The molecule has 7 nitrogen and oxygen atoms in total. The molecule has 0 saturated heterocycles. The van der Waals surface area contributed by atoms with Crippen LogP contribution in [0.15, 0.2) is 24.3 Å². The van der Waals surface area contributed by atoms with Gasteiger partial charge in [-0.15, -0.1) is 11.3 Å². The highest BCUT2D eigenvalue weighted by atomic mass is 32.1. The van der Waals surface area contributed by atoms with E-state index in [-0.39, 0.29) is 27.6 Å². The summed E-state index contributed by atoms with van der Waals surface area (Å²) in [6, 6.07) is 5.24. The van der Waals surface area contributed by atoms with E-state index in [1.54, 1.807) is 34.6 Å². The minimum atomic E-state index is -0.951. The first-order valence-electron chi connectivity index (χ1n) is 9.78. The molecule has 31 heavy (non-hydrogen) atoms. The Morgan fingerprint density at radius 2 is 1.48 bits per heavy atom. The zero-order valence-corrected chi connectivity index (χ0v) is 19.1. The van der Waals surface area contributed by atoms with Crippen LogP contribution in [-0.4, -0.2) is 36.2 Å². The Morgan fingerprint density at radius 1 is 0.935 bits per heavy atom. The summed E-state index contributed by atoms with van der Waals surface area (Å²) in [7, 11) is 0. The van der Waals surface area contributed by atoms with E-state index in [1.165, 1.54) is 31.2 Å². The Balaban J connectivity index is 2.29. The Hall–Kier alpha value is -2.94. The van der Waals surface area contributed by atoms with Gasteiger partial charge in [0.2, 0.25) is 0 Å². The fourth-order valence-corrected chi connectivity index (χ4v) is 3.65. The molecule has 0 saturated carbocycles. The van der Waals surface area contributed by atoms with Crippen LogP contribution in [0.25, 0.3) is 0 Å². The molecule has 1 atom stereocenters. The summed E-state index contributed by atoms with van der Waals surface area (Å²) in [6.45, 7) is 9.93. The summed E-state index contributed by atoms with van der Waals surface area (Å²) in [6.07, 6.45) is -1.68. The standard InChI is InChI=1S/C22H26FNO6S/c1-11(2)28-21(26)17-13(5)18(22(27)29-12(3)4)31-20(17)24-19(25)14(6)30-16-9-7-15(23)8-10-16/h7-12,14H,1-6H3,(H,24,25)/t14-/m0/s1. The molecule has 9 heteroatoms. The Kier molecular flexibility index (Phi) is 8.15. The second-order valence-corrected chi connectivity index (χ2v) is 8.39. The third kappa shape index (κ3) is 6.52. The summed E-state index contributed by atoms with van der Waals surface area (Å²) >= 11 is 0.933. The van der Waals surface area contributed by atoms with Crippen molar-refractivity contribution >= 4 is 34.2 Å². The number of amides is 1. The molecule has 1 N–H and O–H groups in total. The summed E-state index contributed by atoms with van der Waals surface area (Å²) in [5.74, 6) is -1.91. The van der Waals surface area contributed by atoms with Crippen molar-refractivity contribution in [3.63, 3.8) is 0 Å². The second-order valence-electron chi connectivity index (χ2n) is 7.37. The van der Waals surface area contributed by atoms with E-state index in [0.717, 1.165) is 11.3 Å². The third-order valence-electron chi connectivity index (χ3n) is 3.95. The van der Waals surface area contributed by atoms with E-state index in [1.807, 2.05) is 0 Å². The minimum absolute atomic E-state index is 0.0942. The molecule has 1 amide bonds. The van der Waals surface area contributed by atoms with Gasteiger partial charge in [-0.05, 0) is 71.4 Å². The van der Waals surface area contributed by atoms with Crippen LogP contribution in [0, 0.1) is 12.7 Å². The van der Waals surface area contributed by atoms with E-state index < -0.39 is 29.8 Å². The normalized spacial score (nSPS) is 11.9. The van der Waals surface area contributed by atoms with Crippen molar-refractivity contribution in [2.45, 2.75) is 59.9 Å². The average Bonchev–Trinajstić information content (AvgIpc) is 2.98. The van der Waals surface area contributed by atoms with Gasteiger partial charge in [0.25, 0.3) is 5.91 Å². The number of anilines is 1. The highest BCUT2D eigenvalue weighted by molar-refractivity contribution is 7.18. The molecule has 1 aromatic heterocycles. The third-order valence-corrected chi connectivity index (χ3v) is 5.14. The van der Waals surface area contributed by atoms with Crippen LogP contribution in [0.5, 0.6) is 5.75 Å². The Bertz CT molecular complexity index is 952. The smallest absolute Gasteiger partial charge is 0.348 e. The zero-order chi connectivity index (χ0) is 23.3. The number of carbonyl (C=O) groups excluding carboxylic acids is 3. The SMILES string of the molecule is Cc1c(C(=O)OC(C)C)sc(NC(=O)[C@H](C)Oc2ccc(F)cc2)c1C(=O)OC(C)C. The van der Waals surface area contributed by atoms with Gasteiger partial charge in [-0.3, -0.25) is 4.79 Å².